The smallest absolute Gasteiger partial charge is 0.410 e. The van der Waals surface area contributed by atoms with E-state index in [9.17, 15) is 4.79 Å². The van der Waals surface area contributed by atoms with Gasteiger partial charge in [0.2, 0.25) is 5.88 Å². The van der Waals surface area contributed by atoms with Gasteiger partial charge in [-0.25, -0.2) is 9.78 Å². The molecular weight excluding hydrogens is 434 g/mol. The number of hydrogen-bond acceptors (Lipinski definition) is 7. The molecule has 0 spiro atoms. The van der Waals surface area contributed by atoms with Crippen LogP contribution in [0.25, 0.3) is 28.2 Å². The third-order valence-corrected chi connectivity index (χ3v) is 5.77. The number of nitrogens with zero attached hydrogens (tertiary/aromatic N) is 5. The molecule has 0 unspecified atom stereocenters. The van der Waals surface area contributed by atoms with E-state index >= 15 is 0 Å². The minimum atomic E-state index is -0.463. The van der Waals surface area contributed by atoms with Gasteiger partial charge in [-0.05, 0) is 17.7 Å². The van der Waals surface area contributed by atoms with Gasteiger partial charge in [0.05, 0.1) is 45.8 Å². The van der Waals surface area contributed by atoms with Gasteiger partial charge >= 0.3 is 6.09 Å². The third-order valence-electron chi connectivity index (χ3n) is 5.77. The van der Waals surface area contributed by atoms with Gasteiger partial charge in [-0.2, -0.15) is 0 Å². The molecule has 0 fully saturated rings. The summed E-state index contributed by atoms with van der Waals surface area (Å²) in [4.78, 5) is 18.5. The van der Waals surface area contributed by atoms with E-state index in [2.05, 4.69) is 15.2 Å². The van der Waals surface area contributed by atoms with Crippen LogP contribution in [0.2, 0.25) is 0 Å². The second-order valence-electron chi connectivity index (χ2n) is 7.70. The number of ether oxygens (including phenoxy) is 3. The summed E-state index contributed by atoms with van der Waals surface area (Å²) in [5.41, 5.74) is 4.37. The van der Waals surface area contributed by atoms with Gasteiger partial charge in [-0.15, -0.1) is 10.2 Å². The number of aromatic nitrogens is 4. The van der Waals surface area contributed by atoms with Crippen molar-refractivity contribution >= 4 is 6.09 Å². The highest BCUT2D eigenvalue weighted by atomic mass is 16.5. The fraction of sp³-hybridized carbons (Fsp3) is 0.200. The second-order valence-corrected chi connectivity index (χ2v) is 7.70. The Morgan fingerprint density at radius 1 is 0.853 bits per heavy atom. The molecule has 2 aromatic heterocycles. The van der Waals surface area contributed by atoms with Crippen molar-refractivity contribution in [1.29, 1.82) is 0 Å². The van der Waals surface area contributed by atoms with Gasteiger partial charge in [-0.1, -0.05) is 42.5 Å². The molecule has 4 aromatic rings. The first-order valence-electron chi connectivity index (χ1n) is 10.7. The summed E-state index contributed by atoms with van der Waals surface area (Å²) in [6.07, 6.45) is -0.463. The Balaban J connectivity index is 1.60. The van der Waals surface area contributed by atoms with E-state index in [0.29, 0.717) is 23.2 Å². The van der Waals surface area contributed by atoms with Crippen molar-refractivity contribution in [3.63, 3.8) is 0 Å². The Hall–Kier alpha value is -4.40. The number of amides is 1. The molecule has 5 rings (SSSR count). The topological polar surface area (TPSA) is 91.6 Å². The maximum atomic E-state index is 12.4. The molecular formula is C25H23N5O4. The molecule has 0 N–H and O–H groups in total. The Morgan fingerprint density at radius 3 is 2.35 bits per heavy atom. The maximum Gasteiger partial charge on any atom is 0.410 e. The van der Waals surface area contributed by atoms with Gasteiger partial charge in [0.1, 0.15) is 5.75 Å². The van der Waals surface area contributed by atoms with Gasteiger partial charge in [-0.3, -0.25) is 9.47 Å². The van der Waals surface area contributed by atoms with Crippen molar-refractivity contribution in [2.24, 2.45) is 0 Å². The lowest BCUT2D eigenvalue weighted by atomic mass is 10.0. The molecule has 3 heterocycles. The van der Waals surface area contributed by atoms with Crippen LogP contribution < -0.4 is 9.47 Å². The van der Waals surface area contributed by atoms with E-state index in [4.69, 9.17) is 14.2 Å². The molecule has 34 heavy (non-hydrogen) atoms. The third kappa shape index (κ3) is 3.71. The zero-order valence-corrected chi connectivity index (χ0v) is 19.1. The molecule has 0 radical (unpaired) electrons. The van der Waals surface area contributed by atoms with Gasteiger partial charge in [0.15, 0.2) is 11.6 Å². The van der Waals surface area contributed by atoms with E-state index in [0.717, 1.165) is 28.1 Å². The first-order chi connectivity index (χ1) is 16.6. The van der Waals surface area contributed by atoms with Gasteiger partial charge < -0.3 is 14.2 Å². The molecule has 0 saturated heterocycles. The van der Waals surface area contributed by atoms with Crippen LogP contribution >= 0.6 is 0 Å². The van der Waals surface area contributed by atoms with Gasteiger partial charge in [0, 0.05) is 17.2 Å². The number of benzene rings is 2. The predicted molar refractivity (Wildman–Crippen MR) is 125 cm³/mol. The van der Waals surface area contributed by atoms with E-state index in [1.165, 1.54) is 12.0 Å². The molecule has 2 aromatic carbocycles. The molecule has 9 heteroatoms. The number of rotatable bonds is 4. The van der Waals surface area contributed by atoms with Crippen LogP contribution in [-0.4, -0.2) is 52.1 Å². The lowest BCUT2D eigenvalue weighted by Crippen LogP contribution is -2.29. The monoisotopic (exact) mass is 457 g/mol. The summed E-state index contributed by atoms with van der Waals surface area (Å²) in [5, 5.41) is 8.85. The van der Waals surface area contributed by atoms with Crippen LogP contribution in [0.4, 0.5) is 4.79 Å². The summed E-state index contributed by atoms with van der Waals surface area (Å²) in [6.45, 7) is 0.492. The van der Waals surface area contributed by atoms with Crippen LogP contribution in [0, 0.1) is 0 Å². The number of hydrogen-bond donors (Lipinski definition) is 0. The number of para-hydroxylation sites is 1. The summed E-state index contributed by atoms with van der Waals surface area (Å²) in [5.74, 6) is 2.53. The molecule has 0 bridgehead atoms. The lowest BCUT2D eigenvalue weighted by Gasteiger charge is -2.17. The van der Waals surface area contributed by atoms with Crippen LogP contribution in [-0.2, 0) is 17.8 Å². The molecule has 172 valence electrons. The first-order valence-corrected chi connectivity index (χ1v) is 10.7. The molecule has 0 atom stereocenters. The second kappa shape index (κ2) is 8.86. The number of fused-ring (bicyclic) bond motifs is 3. The number of methoxy groups -OCH3 is 3. The SMILES string of the molecule is COC(=O)N1Cc2nc(OC)ccc2-n2c(nnc2-c2ccc(-c3ccccc3OC)cc2)C1. The van der Waals surface area contributed by atoms with Crippen LogP contribution in [0.5, 0.6) is 11.6 Å². The average molecular weight is 457 g/mol. The maximum absolute atomic E-state index is 12.4. The lowest BCUT2D eigenvalue weighted by molar-refractivity contribution is 0.117. The van der Waals surface area contributed by atoms with Crippen LogP contribution in [0.3, 0.4) is 0 Å². The van der Waals surface area contributed by atoms with Crippen molar-refractivity contribution in [3.8, 4) is 39.8 Å². The summed E-state index contributed by atoms with van der Waals surface area (Å²) in [6, 6.07) is 19.6. The Morgan fingerprint density at radius 2 is 1.62 bits per heavy atom. The van der Waals surface area contributed by atoms with E-state index < -0.39 is 6.09 Å². The Labute approximate surface area is 196 Å². The Kier molecular flexibility index (Phi) is 5.59. The fourth-order valence-corrected chi connectivity index (χ4v) is 4.11. The Bertz CT molecular complexity index is 1350. The van der Waals surface area contributed by atoms with E-state index in [-0.39, 0.29) is 13.1 Å². The van der Waals surface area contributed by atoms with Crippen molar-refractivity contribution in [2.45, 2.75) is 13.1 Å². The molecule has 1 aliphatic heterocycles. The van der Waals surface area contributed by atoms with Crippen molar-refractivity contribution < 1.29 is 19.0 Å². The van der Waals surface area contributed by atoms with Crippen molar-refractivity contribution in [3.05, 3.63) is 72.2 Å². The highest BCUT2D eigenvalue weighted by Gasteiger charge is 2.28. The zero-order chi connectivity index (χ0) is 23.7. The largest absolute Gasteiger partial charge is 0.496 e. The highest BCUT2D eigenvalue weighted by Crippen LogP contribution is 2.33. The normalized spacial score (nSPS) is 12.4. The molecule has 0 aliphatic carbocycles. The van der Waals surface area contributed by atoms with Crippen LogP contribution in [0.1, 0.15) is 11.5 Å². The molecule has 0 saturated carbocycles. The predicted octanol–water partition coefficient (Wildman–Crippen LogP) is 4.10. The first kappa shape index (κ1) is 21.4. The summed E-state index contributed by atoms with van der Waals surface area (Å²) in [7, 11) is 4.58. The standard InChI is InChI=1S/C25H23N5O4/c1-32-21-7-5-4-6-18(21)16-8-10-17(11-9-16)24-28-27-22-15-29(25(31)34-3)14-19-20(30(22)24)12-13-23(26-19)33-2/h4-13H,14-15H2,1-3H3. The summed E-state index contributed by atoms with van der Waals surface area (Å²) < 4.78 is 17.7. The fourth-order valence-electron chi connectivity index (χ4n) is 4.11. The summed E-state index contributed by atoms with van der Waals surface area (Å²) >= 11 is 0. The average Bonchev–Trinajstić information content (AvgIpc) is 3.23. The van der Waals surface area contributed by atoms with E-state index in [1.807, 2.05) is 59.2 Å². The molecule has 1 aliphatic rings. The number of pyridine rings is 1. The van der Waals surface area contributed by atoms with Crippen LogP contribution in [0.15, 0.2) is 60.7 Å². The highest BCUT2D eigenvalue weighted by molar-refractivity contribution is 5.73. The van der Waals surface area contributed by atoms with Gasteiger partial charge in [0.25, 0.3) is 0 Å². The minimum Gasteiger partial charge on any atom is -0.496 e. The number of carbonyl (C=O) groups excluding carboxylic acids is 1. The minimum absolute atomic E-state index is 0.234. The van der Waals surface area contributed by atoms with E-state index in [1.54, 1.807) is 20.3 Å². The number of carbonyl (C=O) groups is 1. The molecule has 9 nitrogen and oxygen atoms in total. The quantitative estimate of drug-likeness (QED) is 0.456. The van der Waals surface area contributed by atoms with Crippen molar-refractivity contribution in [1.82, 2.24) is 24.6 Å². The molecule has 1 amide bonds. The van der Waals surface area contributed by atoms with Crippen molar-refractivity contribution in [2.75, 3.05) is 21.3 Å². The zero-order valence-electron chi connectivity index (χ0n) is 19.1.